The van der Waals surface area contributed by atoms with Crippen LogP contribution in [0.4, 0.5) is 11.4 Å². The van der Waals surface area contributed by atoms with E-state index in [4.69, 9.17) is 11.6 Å². The molecule has 1 heterocycles. The predicted molar refractivity (Wildman–Crippen MR) is 80.3 cm³/mol. The molecule has 116 valence electrons. The normalized spacial score (nSPS) is 11.2. The van der Waals surface area contributed by atoms with E-state index in [0.717, 1.165) is 18.2 Å². The maximum absolute atomic E-state index is 12.2. The van der Waals surface area contributed by atoms with E-state index in [1.165, 1.54) is 12.4 Å². The molecule has 1 aromatic heterocycles. The van der Waals surface area contributed by atoms with Crippen LogP contribution in [0.15, 0.2) is 35.5 Å². The van der Waals surface area contributed by atoms with Gasteiger partial charge in [-0.1, -0.05) is 18.5 Å². The van der Waals surface area contributed by atoms with Gasteiger partial charge in [0.15, 0.2) is 0 Å². The molecule has 0 saturated carbocycles. The summed E-state index contributed by atoms with van der Waals surface area (Å²) in [7, 11) is -3.99. The van der Waals surface area contributed by atoms with Gasteiger partial charge in [0, 0.05) is 18.6 Å². The zero-order valence-corrected chi connectivity index (χ0v) is 12.9. The first-order chi connectivity index (χ1) is 10.3. The number of aromatic nitrogens is 2. The highest BCUT2D eigenvalue weighted by molar-refractivity contribution is 7.92. The van der Waals surface area contributed by atoms with Crippen LogP contribution in [0.1, 0.15) is 12.7 Å². The first-order valence-corrected chi connectivity index (χ1v) is 7.97. The third-order valence-corrected chi connectivity index (χ3v) is 4.55. The van der Waals surface area contributed by atoms with E-state index in [1.54, 1.807) is 0 Å². The van der Waals surface area contributed by atoms with Crippen LogP contribution in [0, 0.1) is 10.1 Å². The van der Waals surface area contributed by atoms with Crippen molar-refractivity contribution in [1.82, 2.24) is 9.97 Å². The Labute approximate surface area is 131 Å². The lowest BCUT2D eigenvalue weighted by Crippen LogP contribution is -2.14. The van der Waals surface area contributed by atoms with Gasteiger partial charge in [-0.15, -0.1) is 0 Å². The number of nitro benzene ring substituents is 1. The van der Waals surface area contributed by atoms with Gasteiger partial charge in [0.2, 0.25) is 0 Å². The number of sulfonamides is 1. The molecule has 1 N–H and O–H groups in total. The molecule has 0 aliphatic heterocycles. The van der Waals surface area contributed by atoms with E-state index in [0.29, 0.717) is 12.2 Å². The number of anilines is 1. The standard InChI is InChI=1S/C12H11ClN4O4S/c1-2-12-14-6-8(7-15-12)16-22(20,21)11-4-3-9(17(18)19)5-10(11)13/h3-7,16H,2H2,1H3. The van der Waals surface area contributed by atoms with Gasteiger partial charge in [0.25, 0.3) is 15.7 Å². The first kappa shape index (κ1) is 16.1. The first-order valence-electron chi connectivity index (χ1n) is 6.11. The lowest BCUT2D eigenvalue weighted by Gasteiger charge is -2.09. The Balaban J connectivity index is 2.31. The van der Waals surface area contributed by atoms with Crippen molar-refractivity contribution in [3.63, 3.8) is 0 Å². The summed E-state index contributed by atoms with van der Waals surface area (Å²) >= 11 is 5.82. The van der Waals surface area contributed by atoms with Crippen molar-refractivity contribution < 1.29 is 13.3 Å². The average molecular weight is 343 g/mol. The van der Waals surface area contributed by atoms with Crippen LogP contribution < -0.4 is 4.72 Å². The summed E-state index contributed by atoms with van der Waals surface area (Å²) < 4.78 is 26.7. The number of halogens is 1. The molecule has 0 amide bonds. The Hall–Kier alpha value is -2.26. The summed E-state index contributed by atoms with van der Waals surface area (Å²) in [6.07, 6.45) is 3.30. The minimum Gasteiger partial charge on any atom is -0.276 e. The molecule has 0 aliphatic carbocycles. The number of non-ortho nitro benzene ring substituents is 1. The number of nitro groups is 1. The van der Waals surface area contributed by atoms with Crippen molar-refractivity contribution in [3.05, 3.63) is 51.6 Å². The van der Waals surface area contributed by atoms with Gasteiger partial charge >= 0.3 is 0 Å². The highest BCUT2D eigenvalue weighted by Crippen LogP contribution is 2.27. The molecule has 2 rings (SSSR count). The number of benzene rings is 1. The van der Waals surface area contributed by atoms with Crippen molar-refractivity contribution in [3.8, 4) is 0 Å². The minimum absolute atomic E-state index is 0.173. The molecule has 2 aromatic rings. The van der Waals surface area contributed by atoms with Crippen molar-refractivity contribution in [2.24, 2.45) is 0 Å². The van der Waals surface area contributed by atoms with Gasteiger partial charge in [-0.2, -0.15) is 0 Å². The van der Waals surface area contributed by atoms with E-state index < -0.39 is 14.9 Å². The summed E-state index contributed by atoms with van der Waals surface area (Å²) in [4.78, 5) is 17.7. The topological polar surface area (TPSA) is 115 Å². The molecule has 0 atom stereocenters. The monoisotopic (exact) mass is 342 g/mol. The average Bonchev–Trinajstić information content (AvgIpc) is 2.47. The zero-order valence-electron chi connectivity index (χ0n) is 11.4. The number of nitrogens with zero attached hydrogens (tertiary/aromatic N) is 3. The molecule has 1 aromatic carbocycles. The highest BCUT2D eigenvalue weighted by atomic mass is 35.5. The maximum atomic E-state index is 12.2. The fourth-order valence-corrected chi connectivity index (χ4v) is 3.19. The molecule has 0 fully saturated rings. The summed E-state index contributed by atoms with van der Waals surface area (Å²) in [6.45, 7) is 1.87. The number of nitrogens with one attached hydrogen (secondary N) is 1. The van der Waals surface area contributed by atoms with E-state index in [1.807, 2.05) is 6.92 Å². The van der Waals surface area contributed by atoms with Crippen molar-refractivity contribution in [2.45, 2.75) is 18.2 Å². The van der Waals surface area contributed by atoms with Crippen LogP contribution in [0.3, 0.4) is 0 Å². The van der Waals surface area contributed by atoms with Crippen LogP contribution in [0.5, 0.6) is 0 Å². The van der Waals surface area contributed by atoms with Gasteiger partial charge in [-0.25, -0.2) is 18.4 Å². The van der Waals surface area contributed by atoms with Crippen LogP contribution in [-0.4, -0.2) is 23.3 Å². The van der Waals surface area contributed by atoms with Gasteiger partial charge in [-0.05, 0) is 6.07 Å². The smallest absolute Gasteiger partial charge is 0.271 e. The Morgan fingerprint density at radius 3 is 2.45 bits per heavy atom. The lowest BCUT2D eigenvalue weighted by atomic mass is 10.3. The second-order valence-corrected chi connectivity index (χ2v) is 6.28. The highest BCUT2D eigenvalue weighted by Gasteiger charge is 2.21. The molecule has 8 nitrogen and oxygen atoms in total. The van der Waals surface area contributed by atoms with E-state index in [-0.39, 0.29) is 21.3 Å². The Kier molecular flexibility index (Phi) is 4.57. The summed E-state index contributed by atoms with van der Waals surface area (Å²) in [6, 6.07) is 3.12. The van der Waals surface area contributed by atoms with Crippen LogP contribution in [0.25, 0.3) is 0 Å². The van der Waals surface area contributed by atoms with Gasteiger partial charge in [0.05, 0.1) is 28.0 Å². The third-order valence-electron chi connectivity index (χ3n) is 2.69. The summed E-state index contributed by atoms with van der Waals surface area (Å²) in [5.41, 5.74) is -0.119. The summed E-state index contributed by atoms with van der Waals surface area (Å²) in [5, 5.41) is 10.4. The molecule has 0 bridgehead atoms. The maximum Gasteiger partial charge on any atom is 0.271 e. The third kappa shape index (κ3) is 3.49. The largest absolute Gasteiger partial charge is 0.276 e. The fourth-order valence-electron chi connectivity index (χ4n) is 1.62. The second kappa shape index (κ2) is 6.24. The molecule has 0 aliphatic rings. The van der Waals surface area contributed by atoms with Gasteiger partial charge in [-0.3, -0.25) is 14.8 Å². The fraction of sp³-hybridized carbons (Fsp3) is 0.167. The molecule has 0 spiro atoms. The van der Waals surface area contributed by atoms with Gasteiger partial charge in [0.1, 0.15) is 10.7 Å². The second-order valence-electron chi connectivity index (χ2n) is 4.22. The quantitative estimate of drug-likeness (QED) is 0.659. The van der Waals surface area contributed by atoms with Crippen molar-refractivity contribution in [2.75, 3.05) is 4.72 Å². The Morgan fingerprint density at radius 1 is 1.32 bits per heavy atom. The molecule has 22 heavy (non-hydrogen) atoms. The molecule has 0 radical (unpaired) electrons. The SMILES string of the molecule is CCc1ncc(NS(=O)(=O)c2ccc([N+](=O)[O-])cc2Cl)cn1. The van der Waals surface area contributed by atoms with E-state index >= 15 is 0 Å². The Morgan fingerprint density at radius 2 is 1.95 bits per heavy atom. The van der Waals surface area contributed by atoms with Crippen LogP contribution >= 0.6 is 11.6 Å². The van der Waals surface area contributed by atoms with Gasteiger partial charge < -0.3 is 0 Å². The van der Waals surface area contributed by atoms with Crippen molar-refractivity contribution >= 4 is 33.0 Å². The number of hydrogen-bond donors (Lipinski definition) is 1. The molecular weight excluding hydrogens is 332 g/mol. The number of rotatable bonds is 5. The predicted octanol–water partition coefficient (Wildman–Crippen LogP) is 2.40. The number of aryl methyl sites for hydroxylation is 1. The van der Waals surface area contributed by atoms with Crippen molar-refractivity contribution in [1.29, 1.82) is 0 Å². The molecule has 0 saturated heterocycles. The zero-order chi connectivity index (χ0) is 16.3. The molecule has 0 unspecified atom stereocenters. The van der Waals surface area contributed by atoms with Crippen LogP contribution in [-0.2, 0) is 16.4 Å². The molecule has 10 heteroatoms. The molecular formula is C12H11ClN4O4S. The lowest BCUT2D eigenvalue weighted by molar-refractivity contribution is -0.384. The van der Waals surface area contributed by atoms with E-state index in [2.05, 4.69) is 14.7 Å². The van der Waals surface area contributed by atoms with Crippen LogP contribution in [0.2, 0.25) is 5.02 Å². The van der Waals surface area contributed by atoms with E-state index in [9.17, 15) is 18.5 Å². The number of hydrogen-bond acceptors (Lipinski definition) is 6. The minimum atomic E-state index is -3.99. The Bertz CT molecular complexity index is 808. The summed E-state index contributed by atoms with van der Waals surface area (Å²) in [5.74, 6) is 0.580.